The lowest BCUT2D eigenvalue weighted by Gasteiger charge is -2.00. The normalized spacial score (nSPS) is 17.8. The predicted molar refractivity (Wildman–Crippen MR) is 98.7 cm³/mol. The molecule has 1 N–H and O–H groups in total. The molecule has 0 aliphatic carbocycles. The zero-order valence-corrected chi connectivity index (χ0v) is 14.6. The highest BCUT2D eigenvalue weighted by Gasteiger charge is 2.24. The largest absolute Gasteiger partial charge is 0.300 e. The van der Waals surface area contributed by atoms with Crippen molar-refractivity contribution in [2.24, 2.45) is 4.99 Å². The molecule has 0 unspecified atom stereocenters. The molecule has 1 aliphatic heterocycles. The maximum absolute atomic E-state index is 12.1. The Hall–Kier alpha value is -1.46. The fourth-order valence-electron chi connectivity index (χ4n) is 1.89. The van der Waals surface area contributed by atoms with Crippen LogP contribution in [0.1, 0.15) is 5.56 Å². The molecule has 0 spiro atoms. The maximum atomic E-state index is 12.1. The van der Waals surface area contributed by atoms with E-state index in [0.29, 0.717) is 30.8 Å². The first kappa shape index (κ1) is 16.4. The molecule has 1 fully saturated rings. The Morgan fingerprint density at radius 2 is 1.83 bits per heavy atom. The summed E-state index contributed by atoms with van der Waals surface area (Å²) >= 11 is 19.3. The first-order chi connectivity index (χ1) is 11.0. The van der Waals surface area contributed by atoms with Gasteiger partial charge in [0.15, 0.2) is 5.17 Å². The van der Waals surface area contributed by atoms with E-state index < -0.39 is 0 Å². The number of hydrogen-bond donors (Lipinski definition) is 1. The first-order valence-corrected chi connectivity index (χ1v) is 8.47. The Labute approximate surface area is 152 Å². The Balaban J connectivity index is 1.89. The number of benzene rings is 2. The van der Waals surface area contributed by atoms with Gasteiger partial charge < -0.3 is 5.32 Å². The number of rotatable bonds is 2. The predicted octanol–water partition coefficient (Wildman–Crippen LogP) is 5.54. The van der Waals surface area contributed by atoms with Crippen molar-refractivity contribution in [1.29, 1.82) is 0 Å². The molecule has 2 aromatic rings. The quantitative estimate of drug-likeness (QED) is 0.692. The summed E-state index contributed by atoms with van der Waals surface area (Å²) < 4.78 is 0. The monoisotopic (exact) mass is 382 g/mol. The Morgan fingerprint density at radius 1 is 1.04 bits per heavy atom. The molecule has 3 nitrogen and oxygen atoms in total. The van der Waals surface area contributed by atoms with E-state index in [4.69, 9.17) is 34.8 Å². The van der Waals surface area contributed by atoms with Crippen molar-refractivity contribution in [3.63, 3.8) is 0 Å². The van der Waals surface area contributed by atoms with E-state index in [9.17, 15) is 4.79 Å². The molecule has 3 rings (SSSR count). The minimum absolute atomic E-state index is 0.230. The fraction of sp³-hybridized carbons (Fsp3) is 0. The molecular weight excluding hydrogens is 375 g/mol. The molecule has 7 heteroatoms. The van der Waals surface area contributed by atoms with Gasteiger partial charge in [-0.2, -0.15) is 0 Å². The molecule has 0 aromatic heterocycles. The molecule has 0 radical (unpaired) electrons. The van der Waals surface area contributed by atoms with E-state index in [-0.39, 0.29) is 5.91 Å². The van der Waals surface area contributed by atoms with Gasteiger partial charge in [-0.25, -0.2) is 4.99 Å². The Morgan fingerprint density at radius 3 is 2.61 bits per heavy atom. The average molecular weight is 384 g/mol. The summed E-state index contributed by atoms with van der Waals surface area (Å²) in [5.74, 6) is -0.230. The van der Waals surface area contributed by atoms with Crippen molar-refractivity contribution < 1.29 is 4.79 Å². The van der Waals surface area contributed by atoms with Crippen LogP contribution in [0.2, 0.25) is 15.1 Å². The number of nitrogens with one attached hydrogen (secondary N) is 1. The van der Waals surface area contributed by atoms with E-state index in [1.54, 1.807) is 30.3 Å². The van der Waals surface area contributed by atoms with Crippen LogP contribution in [0.15, 0.2) is 52.4 Å². The first-order valence-electron chi connectivity index (χ1n) is 6.52. The number of carbonyl (C=O) groups is 1. The van der Waals surface area contributed by atoms with E-state index >= 15 is 0 Å². The highest BCUT2D eigenvalue weighted by atomic mass is 35.5. The third kappa shape index (κ3) is 3.90. The van der Waals surface area contributed by atoms with Crippen LogP contribution in [0.5, 0.6) is 0 Å². The van der Waals surface area contributed by atoms with Crippen LogP contribution in [-0.4, -0.2) is 11.1 Å². The third-order valence-corrected chi connectivity index (χ3v) is 4.78. The van der Waals surface area contributed by atoms with E-state index in [2.05, 4.69) is 10.3 Å². The molecule has 0 saturated carbocycles. The lowest BCUT2D eigenvalue weighted by Crippen LogP contribution is -2.19. The molecule has 1 amide bonds. The smallest absolute Gasteiger partial charge is 0.264 e. The highest BCUT2D eigenvalue weighted by molar-refractivity contribution is 8.18. The standard InChI is InChI=1S/C16H9Cl3N2OS/c17-10-5-6-12(19)13(8-10)20-16-21-15(22)14(23-16)7-9-3-1-2-4-11(9)18/h1-8H,(H,20,21,22)/b14-7+. The second-order valence-corrected chi connectivity index (χ2v) is 6.88. The summed E-state index contributed by atoms with van der Waals surface area (Å²) in [6.45, 7) is 0. The molecule has 116 valence electrons. The summed E-state index contributed by atoms with van der Waals surface area (Å²) in [7, 11) is 0. The summed E-state index contributed by atoms with van der Waals surface area (Å²) in [5.41, 5.74) is 1.27. The highest BCUT2D eigenvalue weighted by Crippen LogP contribution is 2.33. The van der Waals surface area contributed by atoms with Crippen LogP contribution in [0.4, 0.5) is 5.69 Å². The molecule has 1 aliphatic rings. The average Bonchev–Trinajstić information content (AvgIpc) is 2.85. The number of aliphatic imine (C=N–C) groups is 1. The van der Waals surface area contributed by atoms with Gasteiger partial charge >= 0.3 is 0 Å². The molecule has 1 heterocycles. The molecule has 23 heavy (non-hydrogen) atoms. The van der Waals surface area contributed by atoms with E-state index in [0.717, 1.165) is 5.56 Å². The SMILES string of the molecule is O=C1NC(=Nc2cc(Cl)ccc2Cl)S/C1=C/c1ccccc1Cl. The number of carbonyl (C=O) groups excluding carboxylic acids is 1. The van der Waals surface area contributed by atoms with Gasteiger partial charge in [-0.05, 0) is 47.7 Å². The Kier molecular flexibility index (Phi) is 4.97. The zero-order valence-electron chi connectivity index (χ0n) is 11.5. The molecule has 1 saturated heterocycles. The van der Waals surface area contributed by atoms with Gasteiger partial charge in [-0.15, -0.1) is 0 Å². The molecular formula is C16H9Cl3N2OS. The number of nitrogens with zero attached hydrogens (tertiary/aromatic N) is 1. The zero-order chi connectivity index (χ0) is 16.4. The van der Waals surface area contributed by atoms with Crippen molar-refractivity contribution in [2.75, 3.05) is 0 Å². The minimum atomic E-state index is -0.230. The number of thioether (sulfide) groups is 1. The molecule has 2 aromatic carbocycles. The number of amidine groups is 1. The number of halogens is 3. The van der Waals surface area contributed by atoms with Crippen LogP contribution in [0, 0.1) is 0 Å². The lowest BCUT2D eigenvalue weighted by atomic mass is 10.2. The van der Waals surface area contributed by atoms with Gasteiger partial charge in [0.25, 0.3) is 5.91 Å². The summed E-state index contributed by atoms with van der Waals surface area (Å²) in [6.07, 6.45) is 1.73. The van der Waals surface area contributed by atoms with Crippen LogP contribution >= 0.6 is 46.6 Å². The van der Waals surface area contributed by atoms with Crippen LogP contribution in [0.3, 0.4) is 0 Å². The summed E-state index contributed by atoms with van der Waals surface area (Å²) in [4.78, 5) is 16.9. The summed E-state index contributed by atoms with van der Waals surface area (Å²) in [5, 5.41) is 4.70. The van der Waals surface area contributed by atoms with Gasteiger partial charge in [0.2, 0.25) is 0 Å². The molecule has 0 bridgehead atoms. The van der Waals surface area contributed by atoms with Gasteiger partial charge in [0, 0.05) is 10.0 Å². The van der Waals surface area contributed by atoms with Gasteiger partial charge in [0.1, 0.15) is 0 Å². The van der Waals surface area contributed by atoms with Crippen LogP contribution in [-0.2, 0) is 4.79 Å². The topological polar surface area (TPSA) is 41.5 Å². The van der Waals surface area contributed by atoms with Crippen LogP contribution in [0.25, 0.3) is 6.08 Å². The fourth-order valence-corrected chi connectivity index (χ4v) is 3.24. The van der Waals surface area contributed by atoms with Crippen LogP contribution < -0.4 is 5.32 Å². The van der Waals surface area contributed by atoms with E-state index in [1.165, 1.54) is 11.8 Å². The minimum Gasteiger partial charge on any atom is -0.300 e. The second-order valence-electron chi connectivity index (χ2n) is 4.60. The van der Waals surface area contributed by atoms with Crippen molar-refractivity contribution in [3.8, 4) is 0 Å². The third-order valence-electron chi connectivity index (χ3n) is 2.97. The number of hydrogen-bond acceptors (Lipinski definition) is 3. The van der Waals surface area contributed by atoms with Crippen molar-refractivity contribution >= 4 is 69.4 Å². The van der Waals surface area contributed by atoms with Crippen molar-refractivity contribution in [3.05, 3.63) is 68.0 Å². The molecule has 0 atom stereocenters. The van der Waals surface area contributed by atoms with Gasteiger partial charge in [0.05, 0.1) is 15.6 Å². The van der Waals surface area contributed by atoms with Crippen molar-refractivity contribution in [2.45, 2.75) is 0 Å². The second kappa shape index (κ2) is 6.97. The number of amides is 1. The Bertz CT molecular complexity index is 849. The van der Waals surface area contributed by atoms with Gasteiger partial charge in [-0.1, -0.05) is 53.0 Å². The van der Waals surface area contributed by atoms with Crippen molar-refractivity contribution in [1.82, 2.24) is 5.32 Å². The van der Waals surface area contributed by atoms with E-state index in [1.807, 2.05) is 18.2 Å². The van der Waals surface area contributed by atoms with Gasteiger partial charge in [-0.3, -0.25) is 4.79 Å². The summed E-state index contributed by atoms with van der Waals surface area (Å²) in [6, 6.07) is 12.3. The lowest BCUT2D eigenvalue weighted by molar-refractivity contribution is -0.115. The maximum Gasteiger partial charge on any atom is 0.264 e.